The largest absolute Gasteiger partial charge is 0.446 e. The lowest BCUT2D eigenvalue weighted by molar-refractivity contribution is 0.0977. The van der Waals surface area contributed by atoms with E-state index >= 15 is 0 Å². The second-order valence-corrected chi connectivity index (χ2v) is 6.58. The molecule has 0 spiro atoms. The topological polar surface area (TPSA) is 101 Å². The Morgan fingerprint density at radius 2 is 2.00 bits per heavy atom. The number of anilines is 1. The molecule has 3 amide bonds. The summed E-state index contributed by atoms with van der Waals surface area (Å²) in [5.41, 5.74) is 5.86. The molecule has 4 rings (SSSR count). The molecule has 144 valence electrons. The van der Waals surface area contributed by atoms with Crippen LogP contribution in [-0.2, 0) is 0 Å². The normalized spacial score (nSPS) is 16.5. The van der Waals surface area contributed by atoms with Crippen molar-refractivity contribution in [3.05, 3.63) is 59.6 Å². The Kier molecular flexibility index (Phi) is 4.42. The number of carbonyl (C=O) groups is 2. The predicted molar refractivity (Wildman–Crippen MR) is 96.8 cm³/mol. The summed E-state index contributed by atoms with van der Waals surface area (Å²) in [4.78, 5) is 29.9. The van der Waals surface area contributed by atoms with Crippen LogP contribution in [0.1, 0.15) is 28.5 Å². The fourth-order valence-corrected chi connectivity index (χ4v) is 3.46. The summed E-state index contributed by atoms with van der Waals surface area (Å²) in [5, 5.41) is 2.46. The first kappa shape index (κ1) is 17.9. The highest BCUT2D eigenvalue weighted by Gasteiger charge is 2.30. The third-order valence-electron chi connectivity index (χ3n) is 4.82. The maximum Gasteiger partial charge on any atom is 0.321 e. The van der Waals surface area contributed by atoms with Crippen molar-refractivity contribution in [1.29, 1.82) is 0 Å². The van der Waals surface area contributed by atoms with E-state index in [1.165, 1.54) is 0 Å². The van der Waals surface area contributed by atoms with Crippen LogP contribution in [0.25, 0.3) is 11.0 Å². The number of primary amides is 1. The highest BCUT2D eigenvalue weighted by Crippen LogP contribution is 2.34. The second-order valence-electron chi connectivity index (χ2n) is 6.58. The molecule has 9 heteroatoms. The number of amides is 3. The molecule has 0 radical (unpaired) electrons. The summed E-state index contributed by atoms with van der Waals surface area (Å²) >= 11 is 0. The molecule has 2 aromatic heterocycles. The van der Waals surface area contributed by atoms with E-state index < -0.39 is 29.3 Å². The monoisotopic (exact) mass is 386 g/mol. The Morgan fingerprint density at radius 3 is 2.71 bits per heavy atom. The molecule has 1 atom stereocenters. The number of rotatable bonds is 3. The molecule has 0 bridgehead atoms. The first-order chi connectivity index (χ1) is 13.4. The summed E-state index contributed by atoms with van der Waals surface area (Å²) in [6.45, 7) is 0.948. The van der Waals surface area contributed by atoms with Crippen molar-refractivity contribution in [3.63, 3.8) is 0 Å². The van der Waals surface area contributed by atoms with Crippen molar-refractivity contribution >= 4 is 28.6 Å². The van der Waals surface area contributed by atoms with E-state index in [2.05, 4.69) is 10.3 Å². The number of pyridine rings is 1. The van der Waals surface area contributed by atoms with Crippen molar-refractivity contribution in [1.82, 2.24) is 9.88 Å². The zero-order chi connectivity index (χ0) is 19.8. The van der Waals surface area contributed by atoms with Crippen molar-refractivity contribution in [3.8, 4) is 0 Å². The Bertz CT molecular complexity index is 1070. The summed E-state index contributed by atoms with van der Waals surface area (Å²) in [5.74, 6) is -3.13. The van der Waals surface area contributed by atoms with E-state index in [-0.39, 0.29) is 22.6 Å². The lowest BCUT2D eigenvalue weighted by Gasteiger charge is -2.17. The van der Waals surface area contributed by atoms with Gasteiger partial charge < -0.3 is 20.4 Å². The molecule has 0 saturated carbocycles. The number of nitrogens with one attached hydrogen (secondary N) is 1. The molecule has 1 aromatic carbocycles. The Labute approximate surface area is 158 Å². The predicted octanol–water partition coefficient (Wildman–Crippen LogP) is 3.23. The van der Waals surface area contributed by atoms with Gasteiger partial charge in [0, 0.05) is 37.5 Å². The van der Waals surface area contributed by atoms with Crippen LogP contribution >= 0.6 is 0 Å². The molecule has 1 fully saturated rings. The maximum atomic E-state index is 14.0. The molecule has 1 saturated heterocycles. The lowest BCUT2D eigenvalue weighted by atomic mass is 10.00. The van der Waals surface area contributed by atoms with Gasteiger partial charge in [0.15, 0.2) is 11.4 Å². The van der Waals surface area contributed by atoms with Gasteiger partial charge in [-0.3, -0.25) is 9.78 Å². The van der Waals surface area contributed by atoms with Crippen molar-refractivity contribution in [2.45, 2.75) is 12.3 Å². The van der Waals surface area contributed by atoms with E-state index in [9.17, 15) is 18.4 Å². The van der Waals surface area contributed by atoms with Crippen LogP contribution in [0.5, 0.6) is 0 Å². The van der Waals surface area contributed by atoms with Gasteiger partial charge in [-0.1, -0.05) is 0 Å². The minimum atomic E-state index is -0.998. The lowest BCUT2D eigenvalue weighted by Crippen LogP contribution is -2.33. The van der Waals surface area contributed by atoms with Crippen LogP contribution in [-0.4, -0.2) is 34.9 Å². The van der Waals surface area contributed by atoms with Gasteiger partial charge in [0.05, 0.1) is 5.39 Å². The van der Waals surface area contributed by atoms with Crippen molar-refractivity contribution in [2.75, 3.05) is 18.4 Å². The third-order valence-corrected chi connectivity index (χ3v) is 4.82. The zero-order valence-electron chi connectivity index (χ0n) is 14.6. The summed E-state index contributed by atoms with van der Waals surface area (Å²) in [7, 11) is 0. The molecule has 28 heavy (non-hydrogen) atoms. The number of halogens is 2. The maximum absolute atomic E-state index is 14.0. The number of benzene rings is 1. The molecular formula is C19H16F2N4O3. The molecule has 1 aliphatic heterocycles. The van der Waals surface area contributed by atoms with Crippen LogP contribution in [0, 0.1) is 11.6 Å². The number of likely N-dealkylation sites (tertiary alicyclic amines) is 1. The molecule has 1 aliphatic rings. The number of fused-ring (bicyclic) bond motifs is 1. The fraction of sp³-hybridized carbons (Fsp3) is 0.211. The highest BCUT2D eigenvalue weighted by molar-refractivity contribution is 6.10. The quantitative estimate of drug-likeness (QED) is 0.722. The molecule has 7 nitrogen and oxygen atoms in total. The molecule has 3 aromatic rings. The first-order valence-corrected chi connectivity index (χ1v) is 8.61. The van der Waals surface area contributed by atoms with E-state index in [0.29, 0.717) is 19.2 Å². The van der Waals surface area contributed by atoms with Crippen LogP contribution in [0.15, 0.2) is 41.1 Å². The van der Waals surface area contributed by atoms with Crippen molar-refractivity contribution < 1.29 is 22.8 Å². The first-order valence-electron chi connectivity index (χ1n) is 8.61. The highest BCUT2D eigenvalue weighted by atomic mass is 19.1. The van der Waals surface area contributed by atoms with Gasteiger partial charge in [0.2, 0.25) is 5.76 Å². The number of urea groups is 1. The van der Waals surface area contributed by atoms with Crippen LogP contribution in [0.4, 0.5) is 19.3 Å². The standard InChI is InChI=1S/C19H16F2N4O3/c20-12-7-13-15(17(18(22)26)28-16(13)14(21)8-12)24-19(27)25-6-3-11(9-25)10-1-4-23-5-2-10/h1-2,4-5,7-8,11H,3,6,9H2,(H2,22,26)(H,24,27). The average molecular weight is 386 g/mol. The summed E-state index contributed by atoms with van der Waals surface area (Å²) < 4.78 is 32.8. The van der Waals surface area contributed by atoms with Crippen molar-refractivity contribution in [2.24, 2.45) is 5.73 Å². The number of hydrogen-bond donors (Lipinski definition) is 2. The SMILES string of the molecule is NC(=O)c1oc2c(F)cc(F)cc2c1NC(=O)N1CCC(c2ccncc2)C1. The van der Waals surface area contributed by atoms with Gasteiger partial charge in [-0.25, -0.2) is 13.6 Å². The summed E-state index contributed by atoms with van der Waals surface area (Å²) in [6.07, 6.45) is 4.14. The number of hydrogen-bond acceptors (Lipinski definition) is 4. The van der Waals surface area contributed by atoms with Gasteiger partial charge >= 0.3 is 6.03 Å². The van der Waals surface area contributed by atoms with E-state index in [1.54, 1.807) is 17.3 Å². The molecule has 3 heterocycles. The smallest absolute Gasteiger partial charge is 0.321 e. The Balaban J connectivity index is 1.60. The number of nitrogens with two attached hydrogens (primary N) is 1. The van der Waals surface area contributed by atoms with Crippen LogP contribution in [0.2, 0.25) is 0 Å². The number of aromatic nitrogens is 1. The molecule has 0 aliphatic carbocycles. The minimum Gasteiger partial charge on any atom is -0.446 e. The van der Waals surface area contributed by atoms with E-state index in [0.717, 1.165) is 18.1 Å². The number of furan rings is 1. The van der Waals surface area contributed by atoms with Crippen LogP contribution in [0.3, 0.4) is 0 Å². The van der Waals surface area contributed by atoms with Gasteiger partial charge in [-0.05, 0) is 30.2 Å². The van der Waals surface area contributed by atoms with Gasteiger partial charge in [-0.15, -0.1) is 0 Å². The van der Waals surface area contributed by atoms with Crippen LogP contribution < -0.4 is 11.1 Å². The van der Waals surface area contributed by atoms with Gasteiger partial charge in [-0.2, -0.15) is 0 Å². The second kappa shape index (κ2) is 6.91. The minimum absolute atomic E-state index is 0.0652. The number of carbonyl (C=O) groups excluding carboxylic acids is 2. The third kappa shape index (κ3) is 3.15. The van der Waals surface area contributed by atoms with Gasteiger partial charge in [0.1, 0.15) is 11.5 Å². The number of nitrogens with zero attached hydrogens (tertiary/aromatic N) is 2. The Morgan fingerprint density at radius 1 is 1.25 bits per heavy atom. The Hall–Kier alpha value is -3.49. The average Bonchev–Trinajstić information content (AvgIpc) is 3.28. The zero-order valence-corrected chi connectivity index (χ0v) is 14.6. The van der Waals surface area contributed by atoms with E-state index in [4.69, 9.17) is 10.2 Å². The summed E-state index contributed by atoms with van der Waals surface area (Å²) in [6, 6.07) is 4.89. The fourth-order valence-electron chi connectivity index (χ4n) is 3.46. The molecule has 3 N–H and O–H groups in total. The van der Waals surface area contributed by atoms with Gasteiger partial charge in [0.25, 0.3) is 5.91 Å². The van der Waals surface area contributed by atoms with E-state index in [1.807, 2.05) is 12.1 Å². The molecular weight excluding hydrogens is 370 g/mol. The molecule has 1 unspecified atom stereocenters.